The molecule has 2 aliphatic carbocycles. The zero-order valence-corrected chi connectivity index (χ0v) is 32.5. The molecule has 0 heterocycles. The second kappa shape index (κ2) is 19.9. The Morgan fingerprint density at radius 3 is 1.86 bits per heavy atom. The molecule has 0 aromatic heterocycles. The van der Waals surface area contributed by atoms with Gasteiger partial charge in [0.25, 0.3) is 0 Å². The lowest BCUT2D eigenvalue weighted by atomic mass is 9.62. The monoisotopic (exact) mass is 719 g/mol. The molecule has 2 fully saturated rings. The first kappa shape index (κ1) is 43.6. The van der Waals surface area contributed by atoms with Crippen LogP contribution in [0.4, 0.5) is 14.4 Å². The molecule has 0 aliphatic heterocycles. The van der Waals surface area contributed by atoms with Crippen LogP contribution in [0, 0.1) is 21.7 Å². The Kier molecular flexibility index (Phi) is 17.0. The van der Waals surface area contributed by atoms with Gasteiger partial charge in [0.05, 0.1) is 25.8 Å². The van der Waals surface area contributed by atoms with E-state index in [1.807, 2.05) is 0 Å². The van der Waals surface area contributed by atoms with Crippen LogP contribution >= 0.6 is 0 Å². The maximum absolute atomic E-state index is 13.3. The second-order valence-electron chi connectivity index (χ2n) is 17.1. The van der Waals surface area contributed by atoms with E-state index in [0.717, 1.165) is 38.5 Å². The van der Waals surface area contributed by atoms with Gasteiger partial charge in [-0.2, -0.15) is 0 Å². The molecule has 0 saturated heterocycles. The van der Waals surface area contributed by atoms with Gasteiger partial charge in [-0.3, -0.25) is 0 Å². The van der Waals surface area contributed by atoms with Crippen LogP contribution in [0.5, 0.6) is 0 Å². The summed E-state index contributed by atoms with van der Waals surface area (Å²) in [5.74, 6) is -0.469. The predicted molar refractivity (Wildman–Crippen MR) is 196 cm³/mol. The van der Waals surface area contributed by atoms with E-state index in [0.29, 0.717) is 57.4 Å². The van der Waals surface area contributed by atoms with Crippen LogP contribution in [-0.2, 0) is 23.8 Å². The van der Waals surface area contributed by atoms with Crippen molar-refractivity contribution < 1.29 is 38.2 Å². The first-order chi connectivity index (χ1) is 23.8. The molecule has 3 N–H and O–H groups in total. The molecule has 2 aliphatic rings. The van der Waals surface area contributed by atoms with Crippen molar-refractivity contribution in [2.24, 2.45) is 26.7 Å². The fourth-order valence-corrected chi connectivity index (χ4v) is 8.26. The van der Waals surface area contributed by atoms with Crippen LogP contribution in [-0.4, -0.2) is 93.3 Å². The van der Waals surface area contributed by atoms with Crippen LogP contribution in [0.3, 0.4) is 0 Å². The van der Waals surface area contributed by atoms with Crippen molar-refractivity contribution >= 4 is 30.3 Å². The summed E-state index contributed by atoms with van der Waals surface area (Å²) >= 11 is 0. The van der Waals surface area contributed by atoms with E-state index in [-0.39, 0.29) is 59.6 Å². The number of alkyl carbamates (subject to hydrolysis) is 2. The highest BCUT2D eigenvalue weighted by Gasteiger charge is 2.43. The molecule has 290 valence electrons. The third-order valence-electron chi connectivity index (χ3n) is 9.76. The Bertz CT molecular complexity index is 1250. The van der Waals surface area contributed by atoms with E-state index >= 15 is 0 Å². The summed E-state index contributed by atoms with van der Waals surface area (Å²) in [5.41, 5.74) is -0.209. The second-order valence-corrected chi connectivity index (χ2v) is 17.1. The Morgan fingerprint density at radius 1 is 0.784 bits per heavy atom. The molecule has 0 spiro atoms. The van der Waals surface area contributed by atoms with Gasteiger partial charge in [-0.1, -0.05) is 61.5 Å². The fraction of sp³-hybridized carbons (Fsp3) is 0.816. The quantitative estimate of drug-likeness (QED) is 0.0354. The number of isocyanates is 1. The predicted octanol–water partition coefficient (Wildman–Crippen LogP) is 6.66. The topological polar surface area (TPSA) is 165 Å². The average molecular weight is 720 g/mol. The lowest BCUT2D eigenvalue weighted by Crippen LogP contribution is -2.53. The van der Waals surface area contributed by atoms with Gasteiger partial charge in [0.1, 0.15) is 6.61 Å². The van der Waals surface area contributed by atoms with Crippen LogP contribution < -0.4 is 16.0 Å². The molecule has 4 atom stereocenters. The van der Waals surface area contributed by atoms with Crippen molar-refractivity contribution in [3.05, 3.63) is 12.2 Å². The minimum Gasteiger partial charge on any atom is -0.460 e. The third-order valence-corrected chi connectivity index (χ3v) is 9.76. The molecule has 13 heteroatoms. The number of rotatable bonds is 18. The molecule has 2 rings (SSSR count). The van der Waals surface area contributed by atoms with Crippen LogP contribution in [0.2, 0.25) is 0 Å². The molecule has 0 aromatic carbocycles. The smallest absolute Gasteiger partial charge is 0.407 e. The summed E-state index contributed by atoms with van der Waals surface area (Å²) in [6.45, 7) is 22.3. The molecule has 2 saturated carbocycles. The van der Waals surface area contributed by atoms with E-state index in [1.165, 1.54) is 0 Å². The van der Waals surface area contributed by atoms with Crippen molar-refractivity contribution in [2.75, 3.05) is 46.0 Å². The van der Waals surface area contributed by atoms with Crippen molar-refractivity contribution in [2.45, 2.75) is 132 Å². The maximum atomic E-state index is 13.3. The largest absolute Gasteiger partial charge is 0.460 e. The van der Waals surface area contributed by atoms with Crippen molar-refractivity contribution in [3.63, 3.8) is 0 Å². The zero-order chi connectivity index (χ0) is 38.3. The number of esters is 1. The Balaban J connectivity index is 1.73. The number of aliphatic imine (C=N–C) groups is 1. The van der Waals surface area contributed by atoms with Crippen LogP contribution in [0.15, 0.2) is 17.1 Å². The number of nitrogens with zero attached hydrogens (tertiary/aromatic N) is 2. The summed E-state index contributed by atoms with van der Waals surface area (Å²) in [6, 6.07) is -0.372. The van der Waals surface area contributed by atoms with Gasteiger partial charge in [-0.15, -0.1) is 0 Å². The molecular formula is C38H65N5O8. The number of ether oxygens (including phenoxy) is 3. The Labute approximate surface area is 305 Å². The highest BCUT2D eigenvalue weighted by atomic mass is 16.6. The normalized spacial score (nSPS) is 24.9. The first-order valence-corrected chi connectivity index (χ1v) is 18.6. The van der Waals surface area contributed by atoms with E-state index in [1.54, 1.807) is 17.9 Å². The summed E-state index contributed by atoms with van der Waals surface area (Å²) in [7, 11) is 0. The van der Waals surface area contributed by atoms with Gasteiger partial charge in [0.15, 0.2) is 0 Å². The summed E-state index contributed by atoms with van der Waals surface area (Å²) in [4.78, 5) is 66.5. The lowest BCUT2D eigenvalue weighted by Gasteiger charge is -2.47. The van der Waals surface area contributed by atoms with Gasteiger partial charge < -0.3 is 35.1 Å². The lowest BCUT2D eigenvalue weighted by molar-refractivity contribution is -0.139. The standard InChI is InChI=1S/C38H65N5O8/c1-10-11-14-43(15-18-49-31(45)28(2)3)32(46)42-30-20-36(6,7)24-38(9,22-30)26-40-34(48)51-17-13-12-16-50-33(47)39-25-37(8)21-29(41-27-44)19-35(4,5)23-37/h29-30H,2,10-26H2,1,3-9H3,(H,39,47)(H,40,48)(H,42,46). The molecule has 0 radical (unpaired) electrons. The Hall–Kier alpha value is -3.60. The van der Waals surface area contributed by atoms with E-state index in [9.17, 15) is 24.0 Å². The minimum absolute atomic E-state index is 0.00279. The van der Waals surface area contributed by atoms with Gasteiger partial charge in [-0.25, -0.2) is 29.0 Å². The number of hydrogen-bond donors (Lipinski definition) is 3. The number of urea groups is 1. The number of carbonyl (C=O) groups excluding carboxylic acids is 5. The van der Waals surface area contributed by atoms with Gasteiger partial charge in [0, 0.05) is 31.2 Å². The van der Waals surface area contributed by atoms with E-state index in [2.05, 4.69) is 76.0 Å². The highest BCUT2D eigenvalue weighted by Crippen LogP contribution is 2.47. The minimum atomic E-state index is -0.505. The number of carbonyl (C=O) groups is 4. The van der Waals surface area contributed by atoms with E-state index < -0.39 is 18.2 Å². The van der Waals surface area contributed by atoms with Crippen molar-refractivity contribution in [1.29, 1.82) is 0 Å². The third kappa shape index (κ3) is 16.5. The molecule has 4 amide bonds. The van der Waals surface area contributed by atoms with Crippen LogP contribution in [0.1, 0.15) is 120 Å². The molecule has 0 aromatic rings. The van der Waals surface area contributed by atoms with Gasteiger partial charge >= 0.3 is 24.2 Å². The number of nitrogens with one attached hydrogen (secondary N) is 3. The SMILES string of the molecule is C=C(C)C(=O)OCCN(CCCC)C(=O)NC1CC(C)(C)CC(C)(CNC(=O)OCCCCOC(=O)NCC2(C)CC(N=C=O)CC(C)(C)C2)C1. The van der Waals surface area contributed by atoms with Gasteiger partial charge in [-0.05, 0) is 86.4 Å². The highest BCUT2D eigenvalue weighted by molar-refractivity contribution is 5.86. The number of unbranched alkanes of at least 4 members (excludes halogenated alkanes) is 2. The van der Waals surface area contributed by atoms with E-state index in [4.69, 9.17) is 14.2 Å². The maximum Gasteiger partial charge on any atom is 0.407 e. The fourth-order valence-electron chi connectivity index (χ4n) is 8.26. The molecule has 51 heavy (non-hydrogen) atoms. The average Bonchev–Trinajstić information content (AvgIpc) is 3.00. The summed E-state index contributed by atoms with van der Waals surface area (Å²) in [6.07, 6.45) is 8.31. The first-order valence-electron chi connectivity index (χ1n) is 18.6. The molecule has 0 bridgehead atoms. The van der Waals surface area contributed by atoms with Gasteiger partial charge in [0.2, 0.25) is 6.08 Å². The van der Waals surface area contributed by atoms with Crippen molar-refractivity contribution in [1.82, 2.24) is 20.9 Å². The summed E-state index contributed by atoms with van der Waals surface area (Å²) < 4.78 is 16.0. The summed E-state index contributed by atoms with van der Waals surface area (Å²) in [5, 5.41) is 8.99. The molecule has 13 nitrogen and oxygen atoms in total. The number of amides is 4. The van der Waals surface area contributed by atoms with Crippen LogP contribution in [0.25, 0.3) is 0 Å². The number of hydrogen-bond acceptors (Lipinski definition) is 9. The molecule has 4 unspecified atom stereocenters. The Morgan fingerprint density at radius 2 is 1.33 bits per heavy atom. The van der Waals surface area contributed by atoms with Crippen molar-refractivity contribution in [3.8, 4) is 0 Å². The molecular weight excluding hydrogens is 654 g/mol. The zero-order valence-electron chi connectivity index (χ0n) is 32.5.